The maximum atomic E-state index is 12.0. The number of anilines is 1. The second-order valence-corrected chi connectivity index (χ2v) is 6.61. The number of carbonyl (C=O) groups excluding carboxylic acids is 2. The SMILES string of the molecule is CCCOC(=O)c1ccc(NC(=O)NCCN2C[C@H](C)O[C@@H](C)C2)cc1. The van der Waals surface area contributed by atoms with E-state index >= 15 is 0 Å². The highest BCUT2D eigenvalue weighted by molar-refractivity contribution is 5.92. The Balaban J connectivity index is 1.71. The van der Waals surface area contributed by atoms with Crippen molar-refractivity contribution in [3.63, 3.8) is 0 Å². The van der Waals surface area contributed by atoms with Gasteiger partial charge in [0.1, 0.15) is 0 Å². The highest BCUT2D eigenvalue weighted by Crippen LogP contribution is 2.11. The van der Waals surface area contributed by atoms with E-state index in [1.165, 1.54) is 0 Å². The number of ether oxygens (including phenoxy) is 2. The molecule has 7 nitrogen and oxygen atoms in total. The third-order valence-corrected chi connectivity index (χ3v) is 4.02. The van der Waals surface area contributed by atoms with Gasteiger partial charge in [0.15, 0.2) is 0 Å². The van der Waals surface area contributed by atoms with Crippen LogP contribution in [0, 0.1) is 0 Å². The molecule has 0 bridgehead atoms. The second-order valence-electron chi connectivity index (χ2n) is 6.61. The molecule has 0 spiro atoms. The minimum Gasteiger partial charge on any atom is -0.462 e. The number of urea groups is 1. The van der Waals surface area contributed by atoms with Gasteiger partial charge in [-0.25, -0.2) is 9.59 Å². The topological polar surface area (TPSA) is 79.9 Å². The van der Waals surface area contributed by atoms with Crippen molar-refractivity contribution in [3.05, 3.63) is 29.8 Å². The van der Waals surface area contributed by atoms with Crippen LogP contribution in [-0.2, 0) is 9.47 Å². The summed E-state index contributed by atoms with van der Waals surface area (Å²) in [6, 6.07) is 6.40. The Labute approximate surface area is 155 Å². The lowest BCUT2D eigenvalue weighted by Crippen LogP contribution is -2.48. The van der Waals surface area contributed by atoms with Crippen LogP contribution in [0.15, 0.2) is 24.3 Å². The summed E-state index contributed by atoms with van der Waals surface area (Å²) in [6.45, 7) is 9.57. The number of nitrogens with one attached hydrogen (secondary N) is 2. The van der Waals surface area contributed by atoms with Crippen LogP contribution in [0.5, 0.6) is 0 Å². The Kier molecular flexibility index (Phi) is 7.87. The summed E-state index contributed by atoms with van der Waals surface area (Å²) >= 11 is 0. The molecule has 0 saturated carbocycles. The van der Waals surface area contributed by atoms with Crippen LogP contribution < -0.4 is 10.6 Å². The highest BCUT2D eigenvalue weighted by Gasteiger charge is 2.21. The van der Waals surface area contributed by atoms with E-state index in [2.05, 4.69) is 29.4 Å². The molecule has 1 saturated heterocycles. The fraction of sp³-hybridized carbons (Fsp3) is 0.579. The molecule has 1 aromatic carbocycles. The zero-order chi connectivity index (χ0) is 18.9. The molecule has 1 fully saturated rings. The average Bonchev–Trinajstić information content (AvgIpc) is 2.59. The first-order chi connectivity index (χ1) is 12.5. The molecular weight excluding hydrogens is 334 g/mol. The molecule has 2 rings (SSSR count). The van der Waals surface area contributed by atoms with E-state index < -0.39 is 0 Å². The highest BCUT2D eigenvalue weighted by atomic mass is 16.5. The standard InChI is InChI=1S/C19H29N3O4/c1-4-11-25-18(23)16-5-7-17(8-6-16)21-19(24)20-9-10-22-12-14(2)26-15(3)13-22/h5-8,14-15H,4,9-13H2,1-3H3,(H2,20,21,24)/t14-,15-/m0/s1. The molecule has 0 aliphatic carbocycles. The first kappa shape index (κ1) is 20.2. The Morgan fingerprint density at radius 3 is 2.46 bits per heavy atom. The number of nitrogens with zero attached hydrogens (tertiary/aromatic N) is 1. The van der Waals surface area contributed by atoms with Crippen LogP contribution in [0.25, 0.3) is 0 Å². The molecule has 0 unspecified atom stereocenters. The lowest BCUT2D eigenvalue weighted by molar-refractivity contribution is -0.0672. The molecule has 2 amide bonds. The number of amides is 2. The van der Waals surface area contributed by atoms with Crippen molar-refractivity contribution in [1.29, 1.82) is 0 Å². The van der Waals surface area contributed by atoms with E-state index in [1.54, 1.807) is 24.3 Å². The summed E-state index contributed by atoms with van der Waals surface area (Å²) in [7, 11) is 0. The molecule has 2 N–H and O–H groups in total. The maximum Gasteiger partial charge on any atom is 0.338 e. The third kappa shape index (κ3) is 6.65. The lowest BCUT2D eigenvalue weighted by Gasteiger charge is -2.35. The Bertz CT molecular complexity index is 581. The quantitative estimate of drug-likeness (QED) is 0.728. The van der Waals surface area contributed by atoms with Gasteiger partial charge in [0.05, 0.1) is 24.4 Å². The first-order valence-corrected chi connectivity index (χ1v) is 9.17. The van der Waals surface area contributed by atoms with Crippen molar-refractivity contribution in [2.75, 3.05) is 38.1 Å². The monoisotopic (exact) mass is 363 g/mol. The van der Waals surface area contributed by atoms with Gasteiger partial charge in [-0.05, 0) is 44.5 Å². The van der Waals surface area contributed by atoms with E-state index in [4.69, 9.17) is 9.47 Å². The Hall–Kier alpha value is -2.12. The molecule has 0 aromatic heterocycles. The molecular formula is C19H29N3O4. The van der Waals surface area contributed by atoms with Crippen molar-refractivity contribution < 1.29 is 19.1 Å². The fourth-order valence-electron chi connectivity index (χ4n) is 2.94. The largest absolute Gasteiger partial charge is 0.462 e. The zero-order valence-electron chi connectivity index (χ0n) is 15.8. The smallest absolute Gasteiger partial charge is 0.338 e. The van der Waals surface area contributed by atoms with Crippen molar-refractivity contribution in [2.45, 2.75) is 39.4 Å². The van der Waals surface area contributed by atoms with Gasteiger partial charge in [-0.1, -0.05) is 6.92 Å². The summed E-state index contributed by atoms with van der Waals surface area (Å²) in [6.07, 6.45) is 1.22. The lowest BCUT2D eigenvalue weighted by atomic mass is 10.2. The number of hydrogen-bond acceptors (Lipinski definition) is 5. The maximum absolute atomic E-state index is 12.0. The molecule has 7 heteroatoms. The normalized spacial score (nSPS) is 20.4. The summed E-state index contributed by atoms with van der Waals surface area (Å²) in [5.41, 5.74) is 1.10. The Morgan fingerprint density at radius 1 is 1.19 bits per heavy atom. The van der Waals surface area contributed by atoms with Crippen molar-refractivity contribution in [1.82, 2.24) is 10.2 Å². The predicted octanol–water partition coefficient (Wildman–Crippen LogP) is 2.48. The van der Waals surface area contributed by atoms with Gasteiger partial charge >= 0.3 is 12.0 Å². The number of morpholine rings is 1. The number of esters is 1. The van der Waals surface area contributed by atoms with Crippen molar-refractivity contribution in [3.8, 4) is 0 Å². The van der Waals surface area contributed by atoms with Crippen molar-refractivity contribution in [2.24, 2.45) is 0 Å². The average molecular weight is 363 g/mol. The summed E-state index contributed by atoms with van der Waals surface area (Å²) in [5.74, 6) is -0.350. The predicted molar refractivity (Wildman–Crippen MR) is 100 cm³/mol. The fourth-order valence-corrected chi connectivity index (χ4v) is 2.94. The number of carbonyl (C=O) groups is 2. The minimum absolute atomic E-state index is 0.218. The van der Waals surface area contributed by atoms with Gasteiger partial charge in [-0.15, -0.1) is 0 Å². The van der Waals surface area contributed by atoms with Crippen LogP contribution in [0.1, 0.15) is 37.6 Å². The second kappa shape index (κ2) is 10.1. The number of benzene rings is 1. The van der Waals surface area contributed by atoms with Crippen molar-refractivity contribution >= 4 is 17.7 Å². The van der Waals surface area contributed by atoms with Crippen LogP contribution in [0.4, 0.5) is 10.5 Å². The number of hydrogen-bond donors (Lipinski definition) is 2. The van der Waals surface area contributed by atoms with Gasteiger partial charge in [-0.3, -0.25) is 4.90 Å². The van der Waals surface area contributed by atoms with Crippen LogP contribution in [0.2, 0.25) is 0 Å². The summed E-state index contributed by atoms with van der Waals surface area (Å²) in [5, 5.41) is 5.61. The minimum atomic E-state index is -0.350. The molecule has 26 heavy (non-hydrogen) atoms. The molecule has 0 radical (unpaired) electrons. The summed E-state index contributed by atoms with van der Waals surface area (Å²) in [4.78, 5) is 26.0. The molecule has 1 aromatic rings. The van der Waals surface area contributed by atoms with Crippen LogP contribution >= 0.6 is 0 Å². The van der Waals surface area contributed by atoms with E-state index in [9.17, 15) is 9.59 Å². The van der Waals surface area contributed by atoms with E-state index in [-0.39, 0.29) is 24.2 Å². The molecule has 1 aliphatic rings. The van der Waals surface area contributed by atoms with Gasteiger partial charge in [0, 0.05) is 31.9 Å². The van der Waals surface area contributed by atoms with E-state index in [0.29, 0.717) is 24.4 Å². The third-order valence-electron chi connectivity index (χ3n) is 4.02. The van der Waals surface area contributed by atoms with Gasteiger partial charge in [0.25, 0.3) is 0 Å². The molecule has 1 heterocycles. The number of rotatable bonds is 7. The van der Waals surface area contributed by atoms with E-state index in [1.807, 2.05) is 6.92 Å². The molecule has 1 aliphatic heterocycles. The first-order valence-electron chi connectivity index (χ1n) is 9.17. The van der Waals surface area contributed by atoms with E-state index in [0.717, 1.165) is 26.1 Å². The van der Waals surface area contributed by atoms with Crippen LogP contribution in [-0.4, -0.2) is 61.9 Å². The van der Waals surface area contributed by atoms with Gasteiger partial charge < -0.3 is 20.1 Å². The van der Waals surface area contributed by atoms with Crippen LogP contribution in [0.3, 0.4) is 0 Å². The molecule has 2 atom stereocenters. The van der Waals surface area contributed by atoms with Gasteiger partial charge in [0.2, 0.25) is 0 Å². The zero-order valence-corrected chi connectivity index (χ0v) is 15.8. The Morgan fingerprint density at radius 2 is 1.85 bits per heavy atom. The molecule has 144 valence electrons. The summed E-state index contributed by atoms with van der Waals surface area (Å²) < 4.78 is 10.8. The van der Waals surface area contributed by atoms with Gasteiger partial charge in [-0.2, -0.15) is 0 Å².